The van der Waals surface area contributed by atoms with Gasteiger partial charge in [-0.25, -0.2) is 4.79 Å². The standard InChI is InChI=1S/C14H18O4/c1-7-11(12(15)14(5,6)17)8-10(4)18-13(16)9(2)3/h7-8,17H,1-2,4H2,3,5-6H3/b11-8+. The fraction of sp³-hybridized carbons (Fsp3) is 0.286. The van der Waals surface area contributed by atoms with Gasteiger partial charge in [0.1, 0.15) is 11.4 Å². The lowest BCUT2D eigenvalue weighted by Crippen LogP contribution is -2.32. The monoisotopic (exact) mass is 250 g/mol. The quantitative estimate of drug-likeness (QED) is 0.339. The van der Waals surface area contributed by atoms with Crippen LogP contribution in [0.15, 0.2) is 48.8 Å². The molecule has 0 radical (unpaired) electrons. The van der Waals surface area contributed by atoms with E-state index < -0.39 is 17.4 Å². The van der Waals surface area contributed by atoms with E-state index in [0.717, 1.165) is 0 Å². The number of ketones is 1. The molecular formula is C14H18O4. The summed E-state index contributed by atoms with van der Waals surface area (Å²) in [7, 11) is 0. The number of hydrogen-bond donors (Lipinski definition) is 1. The SMILES string of the molecule is C=C/C(=C\C(=C)OC(=O)C(=C)C)C(=O)C(C)(C)O. The third-order valence-corrected chi connectivity index (χ3v) is 1.93. The Morgan fingerprint density at radius 1 is 1.28 bits per heavy atom. The van der Waals surface area contributed by atoms with Crippen molar-refractivity contribution in [3.8, 4) is 0 Å². The minimum absolute atomic E-state index is 0.0181. The van der Waals surface area contributed by atoms with Gasteiger partial charge in [-0.1, -0.05) is 25.8 Å². The molecule has 0 aliphatic rings. The van der Waals surface area contributed by atoms with Gasteiger partial charge in [0.2, 0.25) is 0 Å². The highest BCUT2D eigenvalue weighted by Crippen LogP contribution is 2.14. The van der Waals surface area contributed by atoms with Crippen LogP contribution in [0.1, 0.15) is 20.8 Å². The molecule has 0 unspecified atom stereocenters. The van der Waals surface area contributed by atoms with E-state index in [1.807, 2.05) is 0 Å². The van der Waals surface area contributed by atoms with Gasteiger partial charge in [-0.2, -0.15) is 0 Å². The van der Waals surface area contributed by atoms with E-state index in [1.165, 1.54) is 32.9 Å². The highest BCUT2D eigenvalue weighted by molar-refractivity contribution is 6.03. The van der Waals surface area contributed by atoms with Crippen LogP contribution in [0.4, 0.5) is 0 Å². The first-order valence-corrected chi connectivity index (χ1v) is 5.27. The van der Waals surface area contributed by atoms with E-state index >= 15 is 0 Å². The number of allylic oxidation sites excluding steroid dienone is 2. The lowest BCUT2D eigenvalue weighted by molar-refractivity contribution is -0.134. The molecule has 0 aliphatic carbocycles. The summed E-state index contributed by atoms with van der Waals surface area (Å²) >= 11 is 0. The van der Waals surface area contributed by atoms with Crippen molar-refractivity contribution in [3.05, 3.63) is 48.8 Å². The molecule has 0 spiro atoms. The van der Waals surface area contributed by atoms with Crippen molar-refractivity contribution in [2.45, 2.75) is 26.4 Å². The largest absolute Gasteiger partial charge is 0.424 e. The molecule has 0 saturated carbocycles. The van der Waals surface area contributed by atoms with Crippen LogP contribution in [0.25, 0.3) is 0 Å². The number of aliphatic hydroxyl groups is 1. The van der Waals surface area contributed by atoms with E-state index in [0.29, 0.717) is 0 Å². The maximum Gasteiger partial charge on any atom is 0.338 e. The maximum atomic E-state index is 11.8. The smallest absolute Gasteiger partial charge is 0.338 e. The molecule has 0 fully saturated rings. The molecule has 0 aromatic rings. The highest BCUT2D eigenvalue weighted by Gasteiger charge is 2.25. The van der Waals surface area contributed by atoms with Crippen molar-refractivity contribution in [2.75, 3.05) is 0 Å². The Morgan fingerprint density at radius 2 is 1.78 bits per heavy atom. The van der Waals surface area contributed by atoms with E-state index in [9.17, 15) is 14.7 Å². The Hall–Kier alpha value is -1.94. The van der Waals surface area contributed by atoms with Gasteiger partial charge in [0.05, 0.1) is 0 Å². The van der Waals surface area contributed by atoms with Crippen LogP contribution >= 0.6 is 0 Å². The molecule has 0 aromatic heterocycles. The highest BCUT2D eigenvalue weighted by atomic mass is 16.5. The Morgan fingerprint density at radius 3 is 2.11 bits per heavy atom. The lowest BCUT2D eigenvalue weighted by atomic mass is 9.96. The summed E-state index contributed by atoms with van der Waals surface area (Å²) < 4.78 is 4.82. The van der Waals surface area contributed by atoms with Crippen LogP contribution in [-0.4, -0.2) is 22.5 Å². The minimum atomic E-state index is -1.53. The fourth-order valence-corrected chi connectivity index (χ4v) is 0.979. The van der Waals surface area contributed by atoms with Crippen LogP contribution in [0, 0.1) is 0 Å². The van der Waals surface area contributed by atoms with Crippen LogP contribution in [0.3, 0.4) is 0 Å². The second-order valence-electron chi connectivity index (χ2n) is 4.33. The Bertz CT molecular complexity index is 433. The Labute approximate surface area is 107 Å². The summed E-state index contributed by atoms with van der Waals surface area (Å²) in [6.07, 6.45) is 2.51. The minimum Gasteiger partial charge on any atom is -0.424 e. The molecule has 98 valence electrons. The summed E-state index contributed by atoms with van der Waals surface area (Å²) in [6.45, 7) is 14.6. The molecule has 0 rings (SSSR count). The molecule has 0 heterocycles. The van der Waals surface area contributed by atoms with Crippen molar-refractivity contribution < 1.29 is 19.4 Å². The number of carbonyl (C=O) groups is 2. The number of hydrogen-bond acceptors (Lipinski definition) is 4. The van der Waals surface area contributed by atoms with Crippen LogP contribution in [0.5, 0.6) is 0 Å². The molecule has 18 heavy (non-hydrogen) atoms. The molecule has 4 heteroatoms. The van der Waals surface area contributed by atoms with Crippen molar-refractivity contribution in [1.29, 1.82) is 0 Å². The van der Waals surface area contributed by atoms with E-state index in [4.69, 9.17) is 4.74 Å². The zero-order valence-electron chi connectivity index (χ0n) is 10.9. The first-order valence-electron chi connectivity index (χ1n) is 5.27. The zero-order chi connectivity index (χ0) is 14.5. The molecule has 0 atom stereocenters. The molecule has 0 aromatic carbocycles. The number of ether oxygens (including phenoxy) is 1. The second-order valence-corrected chi connectivity index (χ2v) is 4.33. The number of Topliss-reactive ketones (excluding diaryl/α,β-unsaturated/α-hetero) is 1. The van der Waals surface area contributed by atoms with Gasteiger partial charge in [-0.05, 0) is 26.8 Å². The average Bonchev–Trinajstić information content (AvgIpc) is 2.23. The van der Waals surface area contributed by atoms with Crippen LogP contribution in [-0.2, 0) is 14.3 Å². The summed E-state index contributed by atoms with van der Waals surface area (Å²) in [5, 5.41) is 9.58. The zero-order valence-corrected chi connectivity index (χ0v) is 10.9. The van der Waals surface area contributed by atoms with Crippen molar-refractivity contribution in [1.82, 2.24) is 0 Å². The molecule has 1 N–H and O–H groups in total. The summed E-state index contributed by atoms with van der Waals surface area (Å²) in [5.41, 5.74) is -1.20. The molecule has 0 saturated heterocycles. The molecular weight excluding hydrogens is 232 g/mol. The van der Waals surface area contributed by atoms with Gasteiger partial charge >= 0.3 is 5.97 Å². The lowest BCUT2D eigenvalue weighted by Gasteiger charge is -2.16. The number of carbonyl (C=O) groups excluding carboxylic acids is 2. The Balaban J connectivity index is 4.98. The average molecular weight is 250 g/mol. The van der Waals surface area contributed by atoms with E-state index in [-0.39, 0.29) is 16.9 Å². The van der Waals surface area contributed by atoms with Gasteiger partial charge in [0, 0.05) is 11.1 Å². The second kappa shape index (κ2) is 6.12. The van der Waals surface area contributed by atoms with Crippen molar-refractivity contribution in [2.24, 2.45) is 0 Å². The molecule has 0 aliphatic heterocycles. The van der Waals surface area contributed by atoms with E-state index in [2.05, 4.69) is 19.7 Å². The molecule has 4 nitrogen and oxygen atoms in total. The molecule has 0 bridgehead atoms. The summed E-state index contributed by atoms with van der Waals surface area (Å²) in [4.78, 5) is 23.0. The first kappa shape index (κ1) is 16.1. The van der Waals surface area contributed by atoms with Crippen LogP contribution in [0.2, 0.25) is 0 Å². The summed E-state index contributed by atoms with van der Waals surface area (Å²) in [5.74, 6) is -1.18. The normalized spacial score (nSPS) is 11.7. The van der Waals surface area contributed by atoms with Gasteiger partial charge in [0.25, 0.3) is 0 Å². The van der Waals surface area contributed by atoms with Gasteiger partial charge in [-0.15, -0.1) is 0 Å². The number of esters is 1. The van der Waals surface area contributed by atoms with E-state index in [1.54, 1.807) is 0 Å². The van der Waals surface area contributed by atoms with Gasteiger partial charge in [0.15, 0.2) is 5.78 Å². The van der Waals surface area contributed by atoms with Crippen molar-refractivity contribution in [3.63, 3.8) is 0 Å². The summed E-state index contributed by atoms with van der Waals surface area (Å²) in [6, 6.07) is 0. The Kier molecular flexibility index (Phi) is 5.46. The maximum absolute atomic E-state index is 11.8. The number of rotatable bonds is 6. The third kappa shape index (κ3) is 4.93. The fourth-order valence-electron chi connectivity index (χ4n) is 0.979. The predicted molar refractivity (Wildman–Crippen MR) is 69.6 cm³/mol. The first-order chi connectivity index (χ1) is 8.09. The predicted octanol–water partition coefficient (Wildman–Crippen LogP) is 2.07. The van der Waals surface area contributed by atoms with Gasteiger partial charge < -0.3 is 9.84 Å². The van der Waals surface area contributed by atoms with Crippen LogP contribution < -0.4 is 0 Å². The van der Waals surface area contributed by atoms with Gasteiger partial charge in [-0.3, -0.25) is 4.79 Å². The van der Waals surface area contributed by atoms with Crippen molar-refractivity contribution >= 4 is 11.8 Å². The third-order valence-electron chi connectivity index (χ3n) is 1.93. The topological polar surface area (TPSA) is 63.6 Å². The molecule has 0 amide bonds.